The Morgan fingerprint density at radius 2 is 0.821 bits per heavy atom. The zero-order valence-electron chi connectivity index (χ0n) is 43.2. The minimum Gasteiger partial charge on any atom is -0.497 e. The molecule has 2 N–H and O–H groups in total. The maximum absolute atomic E-state index is 13.6. The van der Waals surface area contributed by atoms with Crippen LogP contribution < -0.4 is 18.9 Å². The van der Waals surface area contributed by atoms with Gasteiger partial charge in [0, 0.05) is 38.0 Å². The highest BCUT2D eigenvalue weighted by Crippen LogP contribution is 2.48. The van der Waals surface area contributed by atoms with Crippen molar-refractivity contribution in [3.63, 3.8) is 0 Å². The van der Waals surface area contributed by atoms with E-state index in [1.54, 1.807) is 74.7 Å². The molecule has 78 heavy (non-hydrogen) atoms. The highest BCUT2D eigenvalue weighted by Gasteiger charge is 2.37. The van der Waals surface area contributed by atoms with Gasteiger partial charge in [0.05, 0.1) is 19.2 Å². The highest BCUT2D eigenvalue weighted by atomic mass is 32.2. The summed E-state index contributed by atoms with van der Waals surface area (Å²) >= 11 is 0.699. The molecule has 0 bridgehead atoms. The molecule has 8 aromatic carbocycles. The lowest BCUT2D eigenvalue weighted by molar-refractivity contribution is -0.432. The number of hydrogen-bond donors (Lipinski definition) is 2. The van der Waals surface area contributed by atoms with Crippen molar-refractivity contribution >= 4 is 33.7 Å². The Kier molecular flexibility index (Phi) is 16.3. The Balaban J connectivity index is 0.769. The Morgan fingerprint density at radius 3 is 1.23 bits per heavy atom. The second-order valence-electron chi connectivity index (χ2n) is 19.9. The van der Waals surface area contributed by atoms with Crippen LogP contribution in [0.4, 0.5) is 0 Å². The van der Waals surface area contributed by atoms with Crippen LogP contribution in [0.25, 0.3) is 0 Å². The normalized spacial score (nSPS) is 15.0. The van der Waals surface area contributed by atoms with Crippen molar-refractivity contribution in [1.29, 1.82) is 0 Å². The van der Waals surface area contributed by atoms with Crippen molar-refractivity contribution in [2.45, 2.75) is 91.8 Å². The summed E-state index contributed by atoms with van der Waals surface area (Å²) in [6.45, 7) is 1.77. The van der Waals surface area contributed by atoms with Crippen LogP contribution in [-0.2, 0) is 30.3 Å². The molecule has 2 saturated carbocycles. The van der Waals surface area contributed by atoms with Gasteiger partial charge < -0.3 is 18.9 Å². The third-order valence-electron chi connectivity index (χ3n) is 15.3. The SMILES string of the molecule is COc1ccc(C2(c3ccc(Oc4ccc(C(=O)c5ccc(Oc6ccc(C7(c8ccc(Oc9ccc(C(=O)c%10ccc(C)c(SOOO)c%10)cc9S(=O)(=O)O)cc8)CCCCC7)cc6)cc5)cc4)cc3)CCCCC2)cc1. The Morgan fingerprint density at radius 1 is 0.462 bits per heavy atom. The summed E-state index contributed by atoms with van der Waals surface area (Å²) in [6, 6.07) is 55.5. The summed E-state index contributed by atoms with van der Waals surface area (Å²) in [5, 5.41) is 12.3. The van der Waals surface area contributed by atoms with E-state index < -0.39 is 20.8 Å². The van der Waals surface area contributed by atoms with Crippen molar-refractivity contribution in [2.75, 3.05) is 7.11 Å². The van der Waals surface area contributed by atoms with Gasteiger partial charge in [-0.25, -0.2) is 5.26 Å². The topological polar surface area (TPSA) is 164 Å². The Bertz CT molecular complexity index is 3500. The molecule has 8 aromatic rings. The van der Waals surface area contributed by atoms with Crippen molar-refractivity contribution in [3.8, 4) is 40.2 Å². The zero-order valence-corrected chi connectivity index (χ0v) is 44.8. The van der Waals surface area contributed by atoms with E-state index in [9.17, 15) is 22.6 Å². The number of carbonyl (C=O) groups is 2. The van der Waals surface area contributed by atoms with Crippen LogP contribution in [0.5, 0.6) is 40.2 Å². The molecule has 398 valence electrons. The number of benzene rings is 8. The largest absolute Gasteiger partial charge is 0.497 e. The molecular formula is C64H58O12S2. The first-order chi connectivity index (χ1) is 37.8. The first-order valence-corrected chi connectivity index (χ1v) is 28.2. The summed E-state index contributed by atoms with van der Waals surface area (Å²) in [5.74, 6) is 3.03. The van der Waals surface area contributed by atoms with Gasteiger partial charge in [0.25, 0.3) is 10.1 Å². The molecule has 0 radical (unpaired) electrons. The third kappa shape index (κ3) is 11.8. The van der Waals surface area contributed by atoms with Gasteiger partial charge in [0.2, 0.25) is 0 Å². The zero-order chi connectivity index (χ0) is 54.3. The van der Waals surface area contributed by atoms with E-state index in [0.717, 1.165) is 79.2 Å². The number of ether oxygens (including phenoxy) is 4. The number of carbonyl (C=O) groups excluding carboxylic acids is 2. The molecule has 0 heterocycles. The van der Waals surface area contributed by atoms with E-state index in [-0.39, 0.29) is 33.5 Å². The molecule has 0 aromatic heterocycles. The first kappa shape index (κ1) is 53.8. The lowest BCUT2D eigenvalue weighted by Crippen LogP contribution is -2.30. The molecule has 0 atom stereocenters. The number of methoxy groups -OCH3 is 1. The smallest absolute Gasteiger partial charge is 0.298 e. The minimum absolute atomic E-state index is 0.00188. The fraction of sp³-hybridized carbons (Fsp3) is 0.219. The van der Waals surface area contributed by atoms with Crippen molar-refractivity contribution < 1.29 is 56.1 Å². The monoisotopic (exact) mass is 1080 g/mol. The van der Waals surface area contributed by atoms with Crippen LogP contribution in [0.2, 0.25) is 0 Å². The number of hydrogen-bond acceptors (Lipinski definition) is 12. The molecule has 2 aliphatic rings. The van der Waals surface area contributed by atoms with Crippen molar-refractivity contribution in [1.82, 2.24) is 0 Å². The van der Waals surface area contributed by atoms with E-state index in [0.29, 0.717) is 51.1 Å². The Labute approximate surface area is 458 Å². The third-order valence-corrected chi connectivity index (χ3v) is 16.9. The van der Waals surface area contributed by atoms with Crippen LogP contribution in [0.1, 0.15) is 124 Å². The highest BCUT2D eigenvalue weighted by molar-refractivity contribution is 7.94. The second kappa shape index (κ2) is 23.6. The van der Waals surface area contributed by atoms with Gasteiger partial charge in [0.1, 0.15) is 45.1 Å². The van der Waals surface area contributed by atoms with E-state index >= 15 is 0 Å². The summed E-state index contributed by atoms with van der Waals surface area (Å²) in [4.78, 5) is 27.0. The maximum Gasteiger partial charge on any atom is 0.298 e. The van der Waals surface area contributed by atoms with E-state index in [1.807, 2.05) is 60.7 Å². The molecule has 0 spiro atoms. The molecular weight excluding hydrogens is 1020 g/mol. The molecule has 12 nitrogen and oxygen atoms in total. The van der Waals surface area contributed by atoms with Crippen LogP contribution in [-0.4, -0.2) is 36.9 Å². The van der Waals surface area contributed by atoms with Crippen molar-refractivity contribution in [3.05, 3.63) is 232 Å². The quantitative estimate of drug-likeness (QED) is 0.0259. The second-order valence-corrected chi connectivity index (χ2v) is 22.1. The molecule has 0 unspecified atom stereocenters. The van der Waals surface area contributed by atoms with Gasteiger partial charge in [-0.3, -0.25) is 14.1 Å². The maximum atomic E-state index is 13.6. The van der Waals surface area contributed by atoms with E-state index in [1.165, 1.54) is 48.6 Å². The predicted octanol–water partition coefficient (Wildman–Crippen LogP) is 16.0. The predicted molar refractivity (Wildman–Crippen MR) is 298 cm³/mol. The number of aryl methyl sites for hydroxylation is 1. The molecule has 14 heteroatoms. The molecule has 0 aliphatic heterocycles. The number of rotatable bonds is 19. The van der Waals surface area contributed by atoms with Crippen LogP contribution in [0.15, 0.2) is 192 Å². The summed E-state index contributed by atoms with van der Waals surface area (Å²) in [6.07, 6.45) is 10.9. The molecule has 10 rings (SSSR count). The lowest BCUT2D eigenvalue weighted by Gasteiger charge is -2.38. The average molecular weight is 1080 g/mol. The van der Waals surface area contributed by atoms with Gasteiger partial charge in [0.15, 0.2) is 11.6 Å². The van der Waals surface area contributed by atoms with Gasteiger partial charge in [-0.1, -0.05) is 104 Å². The van der Waals surface area contributed by atoms with Gasteiger partial charge in [-0.2, -0.15) is 8.42 Å². The molecule has 2 fully saturated rings. The van der Waals surface area contributed by atoms with Gasteiger partial charge >= 0.3 is 0 Å². The molecule has 2 aliphatic carbocycles. The Hall–Kier alpha value is -7.56. The molecule has 0 amide bonds. The fourth-order valence-corrected chi connectivity index (χ4v) is 12.3. The van der Waals surface area contributed by atoms with Crippen LogP contribution >= 0.6 is 12.0 Å². The minimum atomic E-state index is -4.82. The lowest BCUT2D eigenvalue weighted by atomic mass is 9.65. The van der Waals surface area contributed by atoms with Gasteiger partial charge in [-0.15, -0.1) is 4.33 Å². The van der Waals surface area contributed by atoms with Gasteiger partial charge in [-0.05, 0) is 182 Å². The fourth-order valence-electron chi connectivity index (χ4n) is 11.1. The van der Waals surface area contributed by atoms with Crippen LogP contribution in [0.3, 0.4) is 0 Å². The van der Waals surface area contributed by atoms with Crippen molar-refractivity contribution in [2.24, 2.45) is 0 Å². The average Bonchev–Trinajstić information content (AvgIpc) is 3.50. The summed E-state index contributed by atoms with van der Waals surface area (Å²) in [5.41, 5.74) is 6.51. The van der Waals surface area contributed by atoms with Crippen LogP contribution in [0, 0.1) is 6.92 Å². The standard InChI is InChI=1S/C64H58O12S2/c1-43-9-10-46(41-59(43)77-76-75-67)62(66)47-15-36-58(60(42-47)78(68,69)70)74-57-34-22-51(23-35-57)64(39-7-4-8-40-64)50-20-32-56(33-21-50)73-54-26-13-45(14-27-54)61(65)44-11-24-53(25-12-44)72-55-30-18-49(19-31-55)63(37-5-3-6-38-63)48-16-28-52(71-2)29-17-48/h9-36,41-42,67H,3-8,37-40H2,1-2H3,(H,68,69,70). The summed E-state index contributed by atoms with van der Waals surface area (Å²) in [7, 11) is -3.13. The first-order valence-electron chi connectivity index (χ1n) is 26.0. The number of ketones is 2. The van der Waals surface area contributed by atoms with E-state index in [4.69, 9.17) is 24.2 Å². The summed E-state index contributed by atoms with van der Waals surface area (Å²) < 4.78 is 64.1. The molecule has 0 saturated heterocycles. The van der Waals surface area contributed by atoms with E-state index in [2.05, 4.69) is 45.8 Å².